The molecule has 0 unspecified atom stereocenters. The van der Waals surface area contributed by atoms with Gasteiger partial charge in [0, 0.05) is 33.4 Å². The second-order valence-corrected chi connectivity index (χ2v) is 8.48. The minimum absolute atomic E-state index is 0.0155. The summed E-state index contributed by atoms with van der Waals surface area (Å²) in [4.78, 5) is 0.0155. The van der Waals surface area contributed by atoms with Crippen LogP contribution in [0.4, 0.5) is 4.39 Å². The number of methoxy groups -OCH3 is 1. The lowest BCUT2D eigenvalue weighted by molar-refractivity contribution is -0.0603. The van der Waals surface area contributed by atoms with E-state index < -0.39 is 15.8 Å². The standard InChI is InChI=1S/C17H24FNO4S/c1-22-11-5-14-6-12-23-17(14)7-9-19(10-8-17)24(20,21)16-4-2-3-15(18)13-16/h2-4,13-14H,5-12H2,1H3/t14-/m0/s1. The third-order valence-corrected chi connectivity index (χ3v) is 7.17. The van der Waals surface area contributed by atoms with E-state index in [2.05, 4.69) is 0 Å². The number of benzene rings is 1. The van der Waals surface area contributed by atoms with Crippen molar-refractivity contribution in [3.05, 3.63) is 30.1 Å². The summed E-state index contributed by atoms with van der Waals surface area (Å²) < 4.78 is 51.4. The summed E-state index contributed by atoms with van der Waals surface area (Å²) >= 11 is 0. The van der Waals surface area contributed by atoms with Crippen LogP contribution in [0.1, 0.15) is 25.7 Å². The maximum atomic E-state index is 13.4. The number of halogens is 1. The quantitative estimate of drug-likeness (QED) is 0.812. The van der Waals surface area contributed by atoms with E-state index in [0.29, 0.717) is 38.5 Å². The lowest BCUT2D eigenvalue weighted by Gasteiger charge is -2.41. The summed E-state index contributed by atoms with van der Waals surface area (Å²) in [6.45, 7) is 2.23. The van der Waals surface area contributed by atoms with Gasteiger partial charge in [-0.05, 0) is 49.8 Å². The Balaban J connectivity index is 1.70. The number of ether oxygens (including phenoxy) is 2. The molecule has 1 aromatic rings. The monoisotopic (exact) mass is 357 g/mol. The fourth-order valence-corrected chi connectivity index (χ4v) is 5.36. The fraction of sp³-hybridized carbons (Fsp3) is 0.647. The number of hydrogen-bond acceptors (Lipinski definition) is 4. The highest BCUT2D eigenvalue weighted by Crippen LogP contribution is 2.43. The number of sulfonamides is 1. The highest BCUT2D eigenvalue weighted by Gasteiger charge is 2.47. The van der Waals surface area contributed by atoms with Crippen molar-refractivity contribution >= 4 is 10.0 Å². The van der Waals surface area contributed by atoms with Crippen molar-refractivity contribution in [2.75, 3.05) is 33.4 Å². The van der Waals surface area contributed by atoms with E-state index in [4.69, 9.17) is 9.47 Å². The average molecular weight is 357 g/mol. The predicted molar refractivity (Wildman–Crippen MR) is 87.7 cm³/mol. The lowest BCUT2D eigenvalue weighted by Crippen LogP contribution is -2.49. The van der Waals surface area contributed by atoms with Gasteiger partial charge in [-0.2, -0.15) is 4.31 Å². The van der Waals surface area contributed by atoms with E-state index >= 15 is 0 Å². The molecule has 0 radical (unpaired) electrons. The summed E-state index contributed by atoms with van der Waals surface area (Å²) in [5.41, 5.74) is -0.230. The molecule has 1 spiro atoms. The van der Waals surface area contributed by atoms with Crippen LogP contribution in [-0.4, -0.2) is 51.7 Å². The number of rotatable bonds is 5. The van der Waals surface area contributed by atoms with Crippen molar-refractivity contribution in [3.8, 4) is 0 Å². The first-order valence-corrected chi connectivity index (χ1v) is 9.80. The second kappa shape index (κ2) is 7.07. The molecule has 0 N–H and O–H groups in total. The third kappa shape index (κ3) is 3.35. The second-order valence-electron chi connectivity index (χ2n) is 6.54. The zero-order valence-corrected chi connectivity index (χ0v) is 14.7. The third-order valence-electron chi connectivity index (χ3n) is 5.27. The van der Waals surface area contributed by atoms with Gasteiger partial charge in [0.1, 0.15) is 5.82 Å². The van der Waals surface area contributed by atoms with E-state index in [1.807, 2.05) is 0 Å². The Morgan fingerprint density at radius 1 is 1.38 bits per heavy atom. The molecule has 1 aromatic carbocycles. The molecule has 7 heteroatoms. The Bertz CT molecular complexity index is 671. The van der Waals surface area contributed by atoms with Crippen molar-refractivity contribution < 1.29 is 22.3 Å². The summed E-state index contributed by atoms with van der Waals surface area (Å²) in [5.74, 6) is -0.125. The highest BCUT2D eigenvalue weighted by molar-refractivity contribution is 7.89. The summed E-state index contributed by atoms with van der Waals surface area (Å²) in [5, 5.41) is 0. The molecule has 5 nitrogen and oxygen atoms in total. The summed E-state index contributed by atoms with van der Waals surface area (Å²) in [7, 11) is -1.96. The van der Waals surface area contributed by atoms with Gasteiger partial charge in [-0.25, -0.2) is 12.8 Å². The van der Waals surface area contributed by atoms with Crippen LogP contribution in [0.25, 0.3) is 0 Å². The fourth-order valence-electron chi connectivity index (χ4n) is 3.89. The van der Waals surface area contributed by atoms with E-state index in [0.717, 1.165) is 25.5 Å². The zero-order chi connectivity index (χ0) is 17.2. The van der Waals surface area contributed by atoms with E-state index in [1.54, 1.807) is 7.11 Å². The Morgan fingerprint density at radius 3 is 2.79 bits per heavy atom. The van der Waals surface area contributed by atoms with Gasteiger partial charge in [-0.3, -0.25) is 0 Å². The first-order chi connectivity index (χ1) is 11.5. The van der Waals surface area contributed by atoms with Crippen LogP contribution in [0.2, 0.25) is 0 Å². The van der Waals surface area contributed by atoms with Crippen molar-refractivity contribution in [2.24, 2.45) is 5.92 Å². The van der Waals surface area contributed by atoms with Crippen molar-refractivity contribution in [1.82, 2.24) is 4.31 Å². The molecule has 134 valence electrons. The van der Waals surface area contributed by atoms with Crippen molar-refractivity contribution in [2.45, 2.75) is 36.2 Å². The minimum atomic E-state index is -3.65. The molecule has 0 aromatic heterocycles. The Hall–Kier alpha value is -1.02. The topological polar surface area (TPSA) is 55.8 Å². The van der Waals surface area contributed by atoms with E-state index in [1.165, 1.54) is 22.5 Å². The molecule has 2 heterocycles. The molecular weight excluding hydrogens is 333 g/mol. The first kappa shape index (κ1) is 17.8. The summed E-state index contributed by atoms with van der Waals surface area (Å²) in [6.07, 6.45) is 3.29. The van der Waals surface area contributed by atoms with Gasteiger partial charge in [0.25, 0.3) is 0 Å². The largest absolute Gasteiger partial charge is 0.385 e. The molecule has 2 aliphatic heterocycles. The minimum Gasteiger partial charge on any atom is -0.385 e. The Kier molecular flexibility index (Phi) is 5.24. The van der Waals surface area contributed by atoms with Gasteiger partial charge in [0.05, 0.1) is 10.5 Å². The van der Waals surface area contributed by atoms with Gasteiger partial charge >= 0.3 is 0 Å². The van der Waals surface area contributed by atoms with Crippen molar-refractivity contribution in [3.63, 3.8) is 0 Å². The van der Waals surface area contributed by atoms with Gasteiger partial charge in [0.15, 0.2) is 0 Å². The van der Waals surface area contributed by atoms with Crippen LogP contribution in [0.5, 0.6) is 0 Å². The van der Waals surface area contributed by atoms with Crippen LogP contribution in [0.3, 0.4) is 0 Å². The van der Waals surface area contributed by atoms with Gasteiger partial charge in [0.2, 0.25) is 10.0 Å². The number of hydrogen-bond donors (Lipinski definition) is 0. The van der Waals surface area contributed by atoms with Crippen LogP contribution in [0, 0.1) is 11.7 Å². The SMILES string of the molecule is COCC[C@H]1CCOC12CCN(S(=O)(=O)c1cccc(F)c1)CC2. The van der Waals surface area contributed by atoms with Crippen LogP contribution in [0.15, 0.2) is 29.2 Å². The normalized spacial score (nSPS) is 24.5. The molecule has 2 fully saturated rings. The van der Waals surface area contributed by atoms with Gasteiger partial charge in [-0.15, -0.1) is 0 Å². The molecule has 2 saturated heterocycles. The molecule has 0 aliphatic carbocycles. The van der Waals surface area contributed by atoms with E-state index in [9.17, 15) is 12.8 Å². The summed E-state index contributed by atoms with van der Waals surface area (Å²) in [6, 6.07) is 5.19. The Labute approximate surface area is 142 Å². The molecule has 0 bridgehead atoms. The highest BCUT2D eigenvalue weighted by atomic mass is 32.2. The lowest BCUT2D eigenvalue weighted by atomic mass is 9.78. The maximum absolute atomic E-state index is 13.4. The Morgan fingerprint density at radius 2 is 2.12 bits per heavy atom. The molecule has 1 atom stereocenters. The number of piperidine rings is 1. The predicted octanol–water partition coefficient (Wildman–Crippen LogP) is 2.42. The average Bonchev–Trinajstić information content (AvgIpc) is 2.95. The van der Waals surface area contributed by atoms with Gasteiger partial charge < -0.3 is 9.47 Å². The smallest absolute Gasteiger partial charge is 0.243 e. The van der Waals surface area contributed by atoms with Crippen LogP contribution >= 0.6 is 0 Å². The maximum Gasteiger partial charge on any atom is 0.243 e. The van der Waals surface area contributed by atoms with Crippen LogP contribution < -0.4 is 0 Å². The van der Waals surface area contributed by atoms with E-state index in [-0.39, 0.29) is 10.5 Å². The molecule has 24 heavy (non-hydrogen) atoms. The number of nitrogens with zero attached hydrogens (tertiary/aromatic N) is 1. The molecule has 3 rings (SSSR count). The van der Waals surface area contributed by atoms with Crippen molar-refractivity contribution in [1.29, 1.82) is 0 Å². The molecular formula is C17H24FNO4S. The first-order valence-electron chi connectivity index (χ1n) is 8.36. The zero-order valence-electron chi connectivity index (χ0n) is 13.9. The molecule has 2 aliphatic rings. The molecule has 0 amide bonds. The molecule has 0 saturated carbocycles. The van der Waals surface area contributed by atoms with Gasteiger partial charge in [-0.1, -0.05) is 6.07 Å². The van der Waals surface area contributed by atoms with Crippen LogP contribution in [-0.2, 0) is 19.5 Å².